The van der Waals surface area contributed by atoms with Gasteiger partial charge in [-0.05, 0) is 19.4 Å². The van der Waals surface area contributed by atoms with Crippen LogP contribution in [0.3, 0.4) is 0 Å². The van der Waals surface area contributed by atoms with Crippen LogP contribution in [-0.4, -0.2) is 13.2 Å². The third kappa shape index (κ3) is 5.97. The number of unbranched alkanes of at least 4 members (excludes halogenated alkanes) is 3. The van der Waals surface area contributed by atoms with Gasteiger partial charge >= 0.3 is 0 Å². The molecule has 0 spiro atoms. The van der Waals surface area contributed by atoms with Crippen LogP contribution < -0.4 is 10.5 Å². The van der Waals surface area contributed by atoms with E-state index in [4.69, 9.17) is 15.2 Å². The molecule has 1 atom stereocenters. The summed E-state index contributed by atoms with van der Waals surface area (Å²) in [7, 11) is 1.66. The maximum absolute atomic E-state index is 5.87. The Labute approximate surface area is 117 Å². The monoisotopic (exact) mass is 265 g/mol. The fraction of sp³-hybridized carbons (Fsp3) is 0.625. The van der Waals surface area contributed by atoms with Gasteiger partial charge in [-0.2, -0.15) is 0 Å². The highest BCUT2D eigenvalue weighted by atomic mass is 16.5. The first kappa shape index (κ1) is 15.8. The average molecular weight is 265 g/mol. The largest absolute Gasteiger partial charge is 0.496 e. The van der Waals surface area contributed by atoms with Crippen molar-refractivity contribution >= 4 is 5.69 Å². The van der Waals surface area contributed by atoms with Crippen molar-refractivity contribution in [2.24, 2.45) is 0 Å². The fourth-order valence-electron chi connectivity index (χ4n) is 2.05. The molecule has 0 aliphatic heterocycles. The lowest BCUT2D eigenvalue weighted by molar-refractivity contribution is 0.0448. The summed E-state index contributed by atoms with van der Waals surface area (Å²) in [6, 6.07) is 5.69. The van der Waals surface area contributed by atoms with E-state index in [-0.39, 0.29) is 0 Å². The standard InChI is InChI=1S/C16H27NO2/c1-4-5-6-7-8-13(2)19-12-14-9-10-15(17)11-16(14)18-3/h9-11,13H,4-8,12,17H2,1-3H3. The molecule has 0 amide bonds. The first-order valence-corrected chi connectivity index (χ1v) is 7.21. The van der Waals surface area contributed by atoms with Crippen molar-refractivity contribution in [2.75, 3.05) is 12.8 Å². The molecule has 19 heavy (non-hydrogen) atoms. The molecule has 0 aromatic heterocycles. The van der Waals surface area contributed by atoms with Crippen molar-refractivity contribution in [2.45, 2.75) is 58.7 Å². The first-order chi connectivity index (χ1) is 9.17. The lowest BCUT2D eigenvalue weighted by atomic mass is 10.1. The van der Waals surface area contributed by atoms with E-state index in [0.717, 1.165) is 17.7 Å². The second-order valence-corrected chi connectivity index (χ2v) is 5.04. The van der Waals surface area contributed by atoms with E-state index in [1.807, 2.05) is 18.2 Å². The van der Waals surface area contributed by atoms with Crippen molar-refractivity contribution in [3.8, 4) is 5.75 Å². The number of anilines is 1. The minimum Gasteiger partial charge on any atom is -0.496 e. The summed E-state index contributed by atoms with van der Waals surface area (Å²) in [5.74, 6) is 0.804. The zero-order valence-electron chi connectivity index (χ0n) is 12.4. The zero-order valence-corrected chi connectivity index (χ0v) is 12.4. The maximum atomic E-state index is 5.87. The van der Waals surface area contributed by atoms with E-state index < -0.39 is 0 Å². The highest BCUT2D eigenvalue weighted by molar-refractivity contribution is 5.48. The van der Waals surface area contributed by atoms with Gasteiger partial charge in [0.1, 0.15) is 5.75 Å². The molecular formula is C16H27NO2. The number of hydrogen-bond donors (Lipinski definition) is 1. The molecule has 3 heteroatoms. The highest BCUT2D eigenvalue weighted by Crippen LogP contribution is 2.23. The second-order valence-electron chi connectivity index (χ2n) is 5.04. The number of ether oxygens (including phenoxy) is 2. The van der Waals surface area contributed by atoms with Gasteiger partial charge in [-0.15, -0.1) is 0 Å². The minimum atomic E-state index is 0.291. The number of nitrogens with two attached hydrogens (primary N) is 1. The molecule has 2 N–H and O–H groups in total. The molecule has 0 aliphatic rings. The average Bonchev–Trinajstić information content (AvgIpc) is 2.42. The molecule has 1 aromatic carbocycles. The molecule has 0 saturated carbocycles. The van der Waals surface area contributed by atoms with Crippen LogP contribution in [0.15, 0.2) is 18.2 Å². The van der Waals surface area contributed by atoms with Crippen LogP contribution >= 0.6 is 0 Å². The summed E-state index contributed by atoms with van der Waals surface area (Å²) >= 11 is 0. The molecule has 0 heterocycles. The van der Waals surface area contributed by atoms with Gasteiger partial charge in [0.05, 0.1) is 19.8 Å². The molecule has 1 rings (SSSR count). The van der Waals surface area contributed by atoms with Crippen LogP contribution in [0.5, 0.6) is 5.75 Å². The molecule has 1 unspecified atom stereocenters. The second kappa shape index (κ2) is 8.81. The first-order valence-electron chi connectivity index (χ1n) is 7.21. The predicted molar refractivity (Wildman–Crippen MR) is 80.4 cm³/mol. The van der Waals surface area contributed by atoms with Gasteiger partial charge in [0, 0.05) is 17.3 Å². The van der Waals surface area contributed by atoms with E-state index in [2.05, 4.69) is 13.8 Å². The highest BCUT2D eigenvalue weighted by Gasteiger charge is 2.07. The van der Waals surface area contributed by atoms with Gasteiger partial charge in [-0.3, -0.25) is 0 Å². The Morgan fingerprint density at radius 1 is 1.21 bits per heavy atom. The normalized spacial score (nSPS) is 12.4. The summed E-state index contributed by atoms with van der Waals surface area (Å²) in [5, 5.41) is 0. The summed E-state index contributed by atoms with van der Waals surface area (Å²) in [6.07, 6.45) is 6.55. The predicted octanol–water partition coefficient (Wildman–Crippen LogP) is 4.15. The van der Waals surface area contributed by atoms with Crippen LogP contribution in [0.25, 0.3) is 0 Å². The van der Waals surface area contributed by atoms with Gasteiger partial charge in [0.25, 0.3) is 0 Å². The Morgan fingerprint density at radius 2 is 2.00 bits per heavy atom. The van der Waals surface area contributed by atoms with Crippen molar-refractivity contribution < 1.29 is 9.47 Å². The molecule has 0 radical (unpaired) electrons. The van der Waals surface area contributed by atoms with Crippen LogP contribution in [0.1, 0.15) is 51.5 Å². The molecule has 0 bridgehead atoms. The Kier molecular flexibility index (Phi) is 7.34. The smallest absolute Gasteiger partial charge is 0.126 e. The summed E-state index contributed by atoms with van der Waals surface area (Å²) in [6.45, 7) is 4.95. The summed E-state index contributed by atoms with van der Waals surface area (Å²) in [4.78, 5) is 0. The summed E-state index contributed by atoms with van der Waals surface area (Å²) in [5.41, 5.74) is 7.50. The molecule has 0 aliphatic carbocycles. The maximum Gasteiger partial charge on any atom is 0.126 e. The lowest BCUT2D eigenvalue weighted by Gasteiger charge is -2.15. The van der Waals surface area contributed by atoms with Gasteiger partial charge in [0.15, 0.2) is 0 Å². The number of hydrogen-bond acceptors (Lipinski definition) is 3. The molecule has 3 nitrogen and oxygen atoms in total. The van der Waals surface area contributed by atoms with Crippen molar-refractivity contribution in [3.05, 3.63) is 23.8 Å². The molecular weight excluding hydrogens is 238 g/mol. The Morgan fingerprint density at radius 3 is 2.68 bits per heavy atom. The molecule has 1 aromatic rings. The van der Waals surface area contributed by atoms with E-state index in [9.17, 15) is 0 Å². The SMILES string of the molecule is CCCCCCC(C)OCc1ccc(N)cc1OC. The van der Waals surface area contributed by atoms with Crippen molar-refractivity contribution in [1.29, 1.82) is 0 Å². The van der Waals surface area contributed by atoms with Crippen molar-refractivity contribution in [1.82, 2.24) is 0 Å². The van der Waals surface area contributed by atoms with Gasteiger partial charge in [0.2, 0.25) is 0 Å². The molecule has 0 fully saturated rings. The Hall–Kier alpha value is -1.22. The molecule has 108 valence electrons. The number of nitrogen functional groups attached to an aromatic ring is 1. The van der Waals surface area contributed by atoms with Gasteiger partial charge < -0.3 is 15.2 Å². The Bertz CT molecular complexity index is 366. The topological polar surface area (TPSA) is 44.5 Å². The third-order valence-electron chi connectivity index (χ3n) is 3.30. The zero-order chi connectivity index (χ0) is 14.1. The quantitative estimate of drug-likeness (QED) is 0.539. The Balaban J connectivity index is 2.35. The van der Waals surface area contributed by atoms with E-state index >= 15 is 0 Å². The van der Waals surface area contributed by atoms with E-state index in [0.29, 0.717) is 18.4 Å². The molecule has 0 saturated heterocycles. The van der Waals surface area contributed by atoms with Crippen LogP contribution in [-0.2, 0) is 11.3 Å². The van der Waals surface area contributed by atoms with Crippen LogP contribution in [0.2, 0.25) is 0 Å². The van der Waals surface area contributed by atoms with Gasteiger partial charge in [-0.1, -0.05) is 38.7 Å². The minimum absolute atomic E-state index is 0.291. The third-order valence-corrected chi connectivity index (χ3v) is 3.30. The number of rotatable bonds is 9. The van der Waals surface area contributed by atoms with Gasteiger partial charge in [-0.25, -0.2) is 0 Å². The summed E-state index contributed by atoms with van der Waals surface area (Å²) < 4.78 is 11.2. The van der Waals surface area contributed by atoms with E-state index in [1.54, 1.807) is 7.11 Å². The van der Waals surface area contributed by atoms with Crippen LogP contribution in [0.4, 0.5) is 5.69 Å². The van der Waals surface area contributed by atoms with Crippen LogP contribution in [0, 0.1) is 0 Å². The number of benzene rings is 1. The number of methoxy groups -OCH3 is 1. The van der Waals surface area contributed by atoms with Crippen molar-refractivity contribution in [3.63, 3.8) is 0 Å². The lowest BCUT2D eigenvalue weighted by Crippen LogP contribution is -2.08. The van der Waals surface area contributed by atoms with E-state index in [1.165, 1.54) is 25.7 Å². The fourth-order valence-corrected chi connectivity index (χ4v) is 2.05.